The fourth-order valence-electron chi connectivity index (χ4n) is 5.55. The minimum absolute atomic E-state index is 0.0832. The number of carbonyl (C=O) groups excluding carboxylic acids is 2. The molecule has 3 aromatic carbocycles. The molecule has 0 spiro atoms. The minimum Gasteiger partial charge on any atom is -0.460 e. The van der Waals surface area contributed by atoms with Crippen LogP contribution < -0.4 is 0 Å². The van der Waals surface area contributed by atoms with Crippen LogP contribution in [0, 0.1) is 5.92 Å². The lowest BCUT2D eigenvalue weighted by Gasteiger charge is -2.39. The van der Waals surface area contributed by atoms with Gasteiger partial charge in [0.05, 0.1) is 5.92 Å². The summed E-state index contributed by atoms with van der Waals surface area (Å²) in [5.74, 6) is -0.523. The Balaban J connectivity index is 1.81. The second kappa shape index (κ2) is 16.6. The highest BCUT2D eigenvalue weighted by atomic mass is 16.6. The first-order valence-corrected chi connectivity index (χ1v) is 16.3. The number of nitrogens with zero attached hydrogens (tertiary/aromatic N) is 2. The molecule has 244 valence electrons. The molecule has 0 aliphatic rings. The van der Waals surface area contributed by atoms with Gasteiger partial charge in [-0.05, 0) is 84.9 Å². The molecule has 45 heavy (non-hydrogen) atoms. The van der Waals surface area contributed by atoms with E-state index in [-0.39, 0.29) is 30.1 Å². The van der Waals surface area contributed by atoms with Gasteiger partial charge >= 0.3 is 12.1 Å². The quantitative estimate of drug-likeness (QED) is 0.134. The molecular weight excluding hydrogens is 560 g/mol. The molecule has 3 aromatic rings. The van der Waals surface area contributed by atoms with Crippen LogP contribution in [0.3, 0.4) is 0 Å². The number of esters is 1. The maximum Gasteiger partial charge on any atom is 0.410 e. The third kappa shape index (κ3) is 12.3. The molecule has 0 aromatic heterocycles. The highest BCUT2D eigenvalue weighted by Crippen LogP contribution is 2.31. The van der Waals surface area contributed by atoms with Crippen LogP contribution in [-0.4, -0.2) is 45.7 Å². The smallest absolute Gasteiger partial charge is 0.410 e. The molecule has 0 aliphatic carbocycles. The molecule has 3 rings (SSSR count). The number of amides is 1. The molecule has 0 N–H and O–H groups in total. The summed E-state index contributed by atoms with van der Waals surface area (Å²) in [4.78, 5) is 31.2. The third-order valence-electron chi connectivity index (χ3n) is 7.86. The van der Waals surface area contributed by atoms with E-state index in [9.17, 15) is 9.59 Å². The van der Waals surface area contributed by atoms with Crippen molar-refractivity contribution < 1.29 is 19.1 Å². The average molecular weight is 615 g/mol. The van der Waals surface area contributed by atoms with Crippen LogP contribution in [0.1, 0.15) is 97.4 Å². The van der Waals surface area contributed by atoms with Gasteiger partial charge < -0.3 is 14.4 Å². The van der Waals surface area contributed by atoms with Crippen molar-refractivity contribution in [2.24, 2.45) is 5.92 Å². The Morgan fingerprint density at radius 2 is 1.16 bits per heavy atom. The number of unbranched alkanes of at least 4 members (excludes halogenated alkanes) is 1. The van der Waals surface area contributed by atoms with E-state index < -0.39 is 11.2 Å². The zero-order valence-corrected chi connectivity index (χ0v) is 28.7. The molecule has 1 amide bonds. The van der Waals surface area contributed by atoms with Crippen molar-refractivity contribution in [2.75, 3.05) is 6.54 Å². The number of rotatable bonds is 14. The summed E-state index contributed by atoms with van der Waals surface area (Å²) in [6.45, 7) is 17.5. The summed E-state index contributed by atoms with van der Waals surface area (Å²) in [7, 11) is 0. The number of benzene rings is 3. The van der Waals surface area contributed by atoms with Crippen molar-refractivity contribution in [3.63, 3.8) is 0 Å². The average Bonchev–Trinajstić information content (AvgIpc) is 2.98. The molecule has 0 radical (unpaired) electrons. The number of ether oxygens (including phenoxy) is 2. The van der Waals surface area contributed by atoms with Crippen LogP contribution in [0.4, 0.5) is 4.79 Å². The summed E-state index contributed by atoms with van der Waals surface area (Å²) >= 11 is 0. The van der Waals surface area contributed by atoms with Gasteiger partial charge in [-0.2, -0.15) is 0 Å². The molecule has 0 fully saturated rings. The van der Waals surface area contributed by atoms with Crippen molar-refractivity contribution in [1.29, 1.82) is 0 Å². The third-order valence-corrected chi connectivity index (χ3v) is 7.86. The van der Waals surface area contributed by atoms with E-state index in [1.807, 2.05) is 84.0 Å². The number of carbonyl (C=O) groups is 2. The van der Waals surface area contributed by atoms with E-state index in [2.05, 4.69) is 67.3 Å². The Morgan fingerprint density at radius 3 is 1.67 bits per heavy atom. The van der Waals surface area contributed by atoms with Gasteiger partial charge in [0, 0.05) is 31.7 Å². The molecule has 0 unspecified atom stereocenters. The van der Waals surface area contributed by atoms with Crippen LogP contribution in [0.15, 0.2) is 91.0 Å². The molecule has 0 bridgehead atoms. The molecule has 6 nitrogen and oxygen atoms in total. The van der Waals surface area contributed by atoms with Gasteiger partial charge in [-0.25, -0.2) is 4.79 Å². The summed E-state index contributed by atoms with van der Waals surface area (Å²) in [6, 6.07) is 30.8. The highest BCUT2D eigenvalue weighted by Gasteiger charge is 2.35. The standard InChI is InChI=1S/C39H54N2O4/c1-30(34-24-16-11-17-25-34)41(29-33-22-14-10-15-23-33)31(2)35(36(42)44-38(3,4)5)26-18-19-27-40(37(43)45-39(6,7)8)28-32-20-12-9-13-21-32/h9-17,20-25,30-31,35H,18-19,26-29H2,1-8H3/t30-,31-,35+/m1/s1. The maximum absolute atomic E-state index is 13.8. The normalized spacial score (nSPS) is 14.0. The Bertz CT molecular complexity index is 1300. The van der Waals surface area contributed by atoms with Gasteiger partial charge in [-0.15, -0.1) is 0 Å². The van der Waals surface area contributed by atoms with E-state index in [1.165, 1.54) is 11.1 Å². The van der Waals surface area contributed by atoms with Crippen LogP contribution in [0.25, 0.3) is 0 Å². The Labute approximate surface area is 271 Å². The van der Waals surface area contributed by atoms with Crippen molar-refractivity contribution >= 4 is 12.1 Å². The Hall–Kier alpha value is -3.64. The largest absolute Gasteiger partial charge is 0.460 e. The fraction of sp³-hybridized carbons (Fsp3) is 0.487. The zero-order chi connectivity index (χ0) is 33.0. The molecule has 0 saturated carbocycles. The predicted molar refractivity (Wildman–Crippen MR) is 183 cm³/mol. The van der Waals surface area contributed by atoms with Gasteiger partial charge in [0.25, 0.3) is 0 Å². The van der Waals surface area contributed by atoms with Crippen LogP contribution in [-0.2, 0) is 27.4 Å². The SMILES string of the molecule is C[C@H](c1ccccc1)N(Cc1ccccc1)[C@H](C)[C@H](CCCCN(Cc1ccccc1)C(=O)OC(C)(C)C)C(=O)OC(C)(C)C. The fourth-order valence-corrected chi connectivity index (χ4v) is 5.55. The topological polar surface area (TPSA) is 59.1 Å². The molecule has 3 atom stereocenters. The van der Waals surface area contributed by atoms with E-state index in [4.69, 9.17) is 9.47 Å². The maximum atomic E-state index is 13.8. The van der Waals surface area contributed by atoms with Crippen molar-refractivity contribution in [3.05, 3.63) is 108 Å². The highest BCUT2D eigenvalue weighted by molar-refractivity contribution is 5.73. The second-order valence-electron chi connectivity index (χ2n) is 14.0. The summed E-state index contributed by atoms with van der Waals surface area (Å²) in [6.07, 6.45) is 1.83. The lowest BCUT2D eigenvalue weighted by Crippen LogP contribution is -2.44. The Morgan fingerprint density at radius 1 is 0.667 bits per heavy atom. The second-order valence-corrected chi connectivity index (χ2v) is 14.0. The first-order valence-electron chi connectivity index (χ1n) is 16.3. The monoisotopic (exact) mass is 614 g/mol. The first kappa shape index (κ1) is 35.8. The van der Waals surface area contributed by atoms with Crippen LogP contribution in [0.2, 0.25) is 0 Å². The molecule has 0 aliphatic heterocycles. The van der Waals surface area contributed by atoms with Gasteiger partial charge in [0.1, 0.15) is 11.2 Å². The molecule has 6 heteroatoms. The summed E-state index contributed by atoms with van der Waals surface area (Å²) in [5.41, 5.74) is 2.28. The van der Waals surface area contributed by atoms with E-state index in [0.29, 0.717) is 26.1 Å². The van der Waals surface area contributed by atoms with Crippen molar-refractivity contribution in [3.8, 4) is 0 Å². The molecule has 0 saturated heterocycles. The van der Waals surface area contributed by atoms with E-state index in [1.54, 1.807) is 4.90 Å². The van der Waals surface area contributed by atoms with Crippen molar-refractivity contribution in [2.45, 2.75) is 111 Å². The molecule has 0 heterocycles. The minimum atomic E-state index is -0.590. The van der Waals surface area contributed by atoms with Crippen LogP contribution in [0.5, 0.6) is 0 Å². The van der Waals surface area contributed by atoms with E-state index in [0.717, 1.165) is 18.4 Å². The lowest BCUT2D eigenvalue weighted by atomic mass is 9.91. The number of hydrogen-bond donors (Lipinski definition) is 0. The van der Waals surface area contributed by atoms with Crippen LogP contribution >= 0.6 is 0 Å². The van der Waals surface area contributed by atoms with Gasteiger partial charge in [-0.3, -0.25) is 9.69 Å². The lowest BCUT2D eigenvalue weighted by molar-refractivity contribution is -0.163. The van der Waals surface area contributed by atoms with E-state index >= 15 is 0 Å². The first-order chi connectivity index (χ1) is 21.2. The number of hydrogen-bond acceptors (Lipinski definition) is 5. The van der Waals surface area contributed by atoms with Gasteiger partial charge in [0.2, 0.25) is 0 Å². The van der Waals surface area contributed by atoms with Gasteiger partial charge in [0.15, 0.2) is 0 Å². The Kier molecular flexibility index (Phi) is 13.2. The van der Waals surface area contributed by atoms with Crippen molar-refractivity contribution in [1.82, 2.24) is 9.80 Å². The predicted octanol–water partition coefficient (Wildman–Crippen LogP) is 9.20. The summed E-state index contributed by atoms with van der Waals surface area (Å²) in [5, 5.41) is 0. The molecular formula is C39H54N2O4. The van der Waals surface area contributed by atoms with Gasteiger partial charge in [-0.1, -0.05) is 97.4 Å². The zero-order valence-electron chi connectivity index (χ0n) is 28.7. The summed E-state index contributed by atoms with van der Waals surface area (Å²) < 4.78 is 11.8.